The smallest absolute Gasteiger partial charge is 0.191 e. The highest BCUT2D eigenvalue weighted by molar-refractivity contribution is 7.09. The lowest BCUT2D eigenvalue weighted by Crippen LogP contribution is -2.44. The van der Waals surface area contributed by atoms with Crippen molar-refractivity contribution >= 4 is 34.7 Å². The van der Waals surface area contributed by atoms with Gasteiger partial charge in [-0.1, -0.05) is 11.6 Å². The van der Waals surface area contributed by atoms with E-state index in [-0.39, 0.29) is 0 Å². The molecular formula is C19H27ClN6S. The molecule has 0 bridgehead atoms. The fourth-order valence-corrected chi connectivity index (χ4v) is 4.19. The molecule has 27 heavy (non-hydrogen) atoms. The van der Waals surface area contributed by atoms with Gasteiger partial charge < -0.3 is 15.5 Å². The molecule has 0 aromatic carbocycles. The quantitative estimate of drug-likeness (QED) is 0.419. The van der Waals surface area contributed by atoms with Crippen molar-refractivity contribution in [3.8, 4) is 0 Å². The maximum atomic E-state index is 6.28. The molecule has 3 heterocycles. The van der Waals surface area contributed by atoms with Crippen molar-refractivity contribution in [2.24, 2.45) is 4.99 Å². The Bertz CT molecular complexity index is 762. The van der Waals surface area contributed by atoms with Gasteiger partial charge in [-0.3, -0.25) is 4.99 Å². The molecule has 3 rings (SSSR count). The second-order valence-corrected chi connectivity index (χ2v) is 7.98. The number of aromatic nitrogens is 2. The molecular weight excluding hydrogens is 380 g/mol. The summed E-state index contributed by atoms with van der Waals surface area (Å²) in [6, 6.07) is 4.09. The van der Waals surface area contributed by atoms with Gasteiger partial charge in [-0.25, -0.2) is 9.97 Å². The number of nitrogens with one attached hydrogen (secondary N) is 2. The molecule has 6 nitrogen and oxygen atoms in total. The molecule has 146 valence electrons. The van der Waals surface area contributed by atoms with E-state index in [1.807, 2.05) is 19.1 Å². The number of rotatable bonds is 7. The summed E-state index contributed by atoms with van der Waals surface area (Å²) < 4.78 is 0. The van der Waals surface area contributed by atoms with Gasteiger partial charge in [0.15, 0.2) is 5.96 Å². The fourth-order valence-electron chi connectivity index (χ4n) is 3.13. The maximum Gasteiger partial charge on any atom is 0.191 e. The normalized spacial score (nSPS) is 17.4. The average Bonchev–Trinajstić information content (AvgIpc) is 3.28. The molecule has 1 fully saturated rings. The number of guanidine groups is 1. The zero-order valence-corrected chi connectivity index (χ0v) is 17.5. The van der Waals surface area contributed by atoms with E-state index in [1.54, 1.807) is 17.5 Å². The van der Waals surface area contributed by atoms with E-state index < -0.39 is 0 Å². The minimum Gasteiger partial charge on any atom is -0.357 e. The highest BCUT2D eigenvalue weighted by Gasteiger charge is 2.25. The summed E-state index contributed by atoms with van der Waals surface area (Å²) in [5.74, 6) is 1.75. The van der Waals surface area contributed by atoms with Crippen LogP contribution in [0.5, 0.6) is 0 Å². The first-order chi connectivity index (χ1) is 13.2. The first-order valence-electron chi connectivity index (χ1n) is 9.47. The predicted molar refractivity (Wildman–Crippen MR) is 114 cm³/mol. The van der Waals surface area contributed by atoms with E-state index >= 15 is 0 Å². The molecule has 1 atom stereocenters. The maximum absolute atomic E-state index is 6.28. The summed E-state index contributed by atoms with van der Waals surface area (Å²) in [6.45, 7) is 7.58. The van der Waals surface area contributed by atoms with Gasteiger partial charge in [-0.15, -0.1) is 11.3 Å². The molecule has 2 N–H and O–H groups in total. The summed E-state index contributed by atoms with van der Waals surface area (Å²) in [6.07, 6.45) is 4.81. The van der Waals surface area contributed by atoms with Gasteiger partial charge in [0, 0.05) is 55.9 Å². The van der Waals surface area contributed by atoms with E-state index in [1.165, 1.54) is 5.01 Å². The number of thiazole rings is 1. The summed E-state index contributed by atoms with van der Waals surface area (Å²) >= 11 is 8.01. The zero-order chi connectivity index (χ0) is 19.1. The van der Waals surface area contributed by atoms with Crippen LogP contribution < -0.4 is 15.5 Å². The molecule has 2 aromatic rings. The lowest BCUT2D eigenvalue weighted by molar-refractivity contribution is 0.647. The summed E-state index contributed by atoms with van der Waals surface area (Å²) in [5.41, 5.74) is 1.10. The second-order valence-electron chi connectivity index (χ2n) is 6.63. The third-order valence-electron chi connectivity index (χ3n) is 4.40. The Hall–Kier alpha value is -1.86. The zero-order valence-electron chi connectivity index (χ0n) is 15.9. The Morgan fingerprint density at radius 3 is 3.11 bits per heavy atom. The molecule has 2 aromatic heterocycles. The number of hydrogen-bond acceptors (Lipinski definition) is 5. The van der Waals surface area contributed by atoms with Crippen molar-refractivity contribution in [1.82, 2.24) is 20.6 Å². The van der Waals surface area contributed by atoms with Gasteiger partial charge in [0.1, 0.15) is 5.82 Å². The van der Waals surface area contributed by atoms with Gasteiger partial charge in [-0.2, -0.15) is 0 Å². The number of aliphatic imine (C=N–C) groups is 1. The van der Waals surface area contributed by atoms with Gasteiger partial charge in [0.2, 0.25) is 0 Å². The van der Waals surface area contributed by atoms with Crippen LogP contribution in [0.3, 0.4) is 0 Å². The average molecular weight is 407 g/mol. The molecule has 1 saturated heterocycles. The lowest BCUT2D eigenvalue weighted by Gasteiger charge is -2.20. The van der Waals surface area contributed by atoms with Gasteiger partial charge in [0.05, 0.1) is 10.0 Å². The minimum atomic E-state index is 0.336. The number of hydrogen-bond donors (Lipinski definition) is 2. The highest BCUT2D eigenvalue weighted by atomic mass is 35.5. The molecule has 0 amide bonds. The van der Waals surface area contributed by atoms with Crippen molar-refractivity contribution < 1.29 is 0 Å². The van der Waals surface area contributed by atoms with E-state index in [4.69, 9.17) is 16.6 Å². The number of anilines is 1. The van der Waals surface area contributed by atoms with Crippen LogP contribution >= 0.6 is 22.9 Å². The van der Waals surface area contributed by atoms with Crippen molar-refractivity contribution in [2.45, 2.75) is 39.2 Å². The molecule has 1 aliphatic heterocycles. The molecule has 0 aliphatic carbocycles. The van der Waals surface area contributed by atoms with E-state index in [0.29, 0.717) is 11.1 Å². The van der Waals surface area contributed by atoms with Crippen LogP contribution in [0.4, 0.5) is 5.82 Å². The van der Waals surface area contributed by atoms with Crippen molar-refractivity contribution in [3.63, 3.8) is 0 Å². The van der Waals surface area contributed by atoms with Crippen LogP contribution in [-0.4, -0.2) is 48.1 Å². The van der Waals surface area contributed by atoms with Crippen molar-refractivity contribution in [2.75, 3.05) is 31.1 Å². The van der Waals surface area contributed by atoms with Crippen LogP contribution in [0.15, 0.2) is 28.7 Å². The molecule has 1 aliphatic rings. The topological polar surface area (TPSA) is 65.4 Å². The van der Waals surface area contributed by atoms with Crippen LogP contribution in [0, 0.1) is 6.92 Å². The minimum absolute atomic E-state index is 0.336. The Labute approximate surface area is 170 Å². The van der Waals surface area contributed by atoms with E-state index in [0.717, 1.165) is 62.9 Å². The van der Waals surface area contributed by atoms with Crippen LogP contribution in [0.2, 0.25) is 5.02 Å². The number of nitrogens with zero attached hydrogens (tertiary/aromatic N) is 4. The SMILES string of the molecule is CCNC(=NCCCc1nc(C)cs1)NC1CCN(c2ncccc2Cl)C1. The van der Waals surface area contributed by atoms with Gasteiger partial charge in [-0.05, 0) is 38.8 Å². The Morgan fingerprint density at radius 1 is 1.48 bits per heavy atom. The Balaban J connectivity index is 1.49. The largest absolute Gasteiger partial charge is 0.357 e. The lowest BCUT2D eigenvalue weighted by atomic mass is 10.3. The molecule has 0 spiro atoms. The third kappa shape index (κ3) is 5.81. The monoisotopic (exact) mass is 406 g/mol. The van der Waals surface area contributed by atoms with Crippen LogP contribution in [0.25, 0.3) is 0 Å². The number of halogens is 1. The fraction of sp³-hybridized carbons (Fsp3) is 0.526. The predicted octanol–water partition coefficient (Wildman–Crippen LogP) is 3.27. The summed E-state index contributed by atoms with van der Waals surface area (Å²) in [4.78, 5) is 15.9. The molecule has 0 saturated carbocycles. The van der Waals surface area contributed by atoms with Gasteiger partial charge >= 0.3 is 0 Å². The first-order valence-corrected chi connectivity index (χ1v) is 10.7. The number of aryl methyl sites for hydroxylation is 2. The van der Waals surface area contributed by atoms with Crippen molar-refractivity contribution in [3.05, 3.63) is 39.4 Å². The van der Waals surface area contributed by atoms with Gasteiger partial charge in [0.25, 0.3) is 0 Å². The second kappa shape index (κ2) is 9.90. The number of pyridine rings is 1. The molecule has 8 heteroatoms. The molecule has 0 radical (unpaired) electrons. The Morgan fingerprint density at radius 2 is 2.37 bits per heavy atom. The van der Waals surface area contributed by atoms with Crippen molar-refractivity contribution in [1.29, 1.82) is 0 Å². The summed E-state index contributed by atoms with van der Waals surface area (Å²) in [7, 11) is 0. The van der Waals surface area contributed by atoms with Crippen LogP contribution in [0.1, 0.15) is 30.5 Å². The first kappa shape index (κ1) is 19.9. The Kier molecular flexibility index (Phi) is 7.29. The molecule has 1 unspecified atom stereocenters. The standard InChI is InChI=1S/C19H27ClN6S/c1-3-21-19(23-10-5-7-17-24-14(2)13-27-17)25-15-8-11-26(12-15)18-16(20)6-4-9-22-18/h4,6,9,13,15H,3,5,7-8,10-12H2,1-2H3,(H2,21,23,25). The van der Waals surface area contributed by atoms with E-state index in [9.17, 15) is 0 Å². The third-order valence-corrected chi connectivity index (χ3v) is 5.72. The highest BCUT2D eigenvalue weighted by Crippen LogP contribution is 2.25. The van der Waals surface area contributed by atoms with Crippen LogP contribution in [-0.2, 0) is 6.42 Å². The summed E-state index contributed by atoms with van der Waals surface area (Å²) in [5, 5.41) is 10.9. The van der Waals surface area contributed by atoms with E-state index in [2.05, 4.69) is 37.8 Å².